The predicted octanol–water partition coefficient (Wildman–Crippen LogP) is 5.26. The lowest BCUT2D eigenvalue weighted by molar-refractivity contribution is -0.384. The molecule has 1 N–H and O–H groups in total. The molecule has 0 bridgehead atoms. The molecule has 0 amide bonds. The number of non-ortho nitro benzene ring substituents is 1. The van der Waals surface area contributed by atoms with Crippen LogP contribution in [0.25, 0.3) is 6.08 Å². The molecule has 0 aliphatic carbocycles. The Kier molecular flexibility index (Phi) is 5.69. The Balaban J connectivity index is 1.84. The predicted molar refractivity (Wildman–Crippen MR) is 105 cm³/mol. The maximum atomic E-state index is 13.0. The molecule has 3 rings (SSSR count). The Morgan fingerprint density at radius 1 is 0.963 bits per heavy atom. The summed E-state index contributed by atoms with van der Waals surface area (Å²) in [5, 5.41) is 15.1. The van der Waals surface area contributed by atoms with Crippen molar-refractivity contribution in [1.82, 2.24) is 0 Å². The van der Waals surface area contributed by atoms with E-state index in [-0.39, 0.29) is 11.5 Å². The van der Waals surface area contributed by atoms with Gasteiger partial charge in [0, 0.05) is 17.7 Å². The van der Waals surface area contributed by atoms with Gasteiger partial charge in [-0.3, -0.25) is 15.5 Å². The van der Waals surface area contributed by atoms with E-state index >= 15 is 0 Å². The fourth-order valence-electron chi connectivity index (χ4n) is 2.34. The van der Waals surface area contributed by atoms with Crippen LogP contribution in [0.2, 0.25) is 0 Å². The Morgan fingerprint density at radius 2 is 1.63 bits per heavy atom. The highest BCUT2D eigenvalue weighted by Crippen LogP contribution is 2.16. The summed E-state index contributed by atoms with van der Waals surface area (Å²) in [5.41, 5.74) is 5.96. The molecule has 0 aliphatic rings. The quantitative estimate of drug-likeness (QED) is 0.370. The number of nitro benzene ring substituents is 1. The largest absolute Gasteiger partial charge is 0.278 e. The Hall–Kier alpha value is -3.80. The molecule has 0 aliphatic heterocycles. The maximum absolute atomic E-state index is 13.0. The van der Waals surface area contributed by atoms with E-state index in [9.17, 15) is 14.5 Å². The standard InChI is InChI=1S/C21H16FN3O2/c22-18-9-6-16(7-10-18)8-15-21(17-4-2-1-3-5-17)24-23-19-11-13-20(14-12-19)25(26)27/h1-15,23H/b15-8+,24-21-. The fourth-order valence-corrected chi connectivity index (χ4v) is 2.34. The van der Waals surface area contributed by atoms with Gasteiger partial charge in [0.25, 0.3) is 5.69 Å². The second-order valence-corrected chi connectivity index (χ2v) is 5.66. The summed E-state index contributed by atoms with van der Waals surface area (Å²) in [7, 11) is 0. The molecule has 0 aromatic heterocycles. The molecule has 6 heteroatoms. The van der Waals surface area contributed by atoms with Gasteiger partial charge in [-0.05, 0) is 35.9 Å². The van der Waals surface area contributed by atoms with E-state index in [1.165, 1.54) is 24.3 Å². The minimum absolute atomic E-state index is 0.0176. The second kappa shape index (κ2) is 8.53. The van der Waals surface area contributed by atoms with Crippen molar-refractivity contribution in [1.29, 1.82) is 0 Å². The molecular weight excluding hydrogens is 345 g/mol. The number of nitrogens with one attached hydrogen (secondary N) is 1. The third-order valence-electron chi connectivity index (χ3n) is 3.76. The lowest BCUT2D eigenvalue weighted by atomic mass is 10.1. The van der Waals surface area contributed by atoms with Gasteiger partial charge in [0.1, 0.15) is 5.82 Å². The fraction of sp³-hybridized carbons (Fsp3) is 0. The van der Waals surface area contributed by atoms with Gasteiger partial charge in [-0.1, -0.05) is 48.5 Å². The van der Waals surface area contributed by atoms with Crippen molar-refractivity contribution in [3.8, 4) is 0 Å². The first-order chi connectivity index (χ1) is 13.1. The monoisotopic (exact) mass is 361 g/mol. The smallest absolute Gasteiger partial charge is 0.269 e. The second-order valence-electron chi connectivity index (χ2n) is 5.66. The number of benzene rings is 3. The first-order valence-electron chi connectivity index (χ1n) is 8.19. The van der Waals surface area contributed by atoms with Crippen molar-refractivity contribution in [2.45, 2.75) is 0 Å². The van der Waals surface area contributed by atoms with E-state index in [0.29, 0.717) is 11.4 Å². The van der Waals surface area contributed by atoms with Crippen molar-refractivity contribution >= 4 is 23.2 Å². The van der Waals surface area contributed by atoms with Crippen molar-refractivity contribution < 1.29 is 9.31 Å². The normalized spacial score (nSPS) is 11.5. The number of anilines is 1. The van der Waals surface area contributed by atoms with Gasteiger partial charge in [-0.15, -0.1) is 0 Å². The number of allylic oxidation sites excluding steroid dienone is 1. The zero-order valence-electron chi connectivity index (χ0n) is 14.2. The molecule has 0 unspecified atom stereocenters. The Morgan fingerprint density at radius 3 is 2.26 bits per heavy atom. The van der Waals surface area contributed by atoms with Gasteiger partial charge in [-0.2, -0.15) is 5.10 Å². The molecule has 0 fully saturated rings. The summed E-state index contributed by atoms with van der Waals surface area (Å²) in [6, 6.07) is 21.7. The summed E-state index contributed by atoms with van der Waals surface area (Å²) in [6.45, 7) is 0. The summed E-state index contributed by atoms with van der Waals surface area (Å²) in [4.78, 5) is 10.3. The van der Waals surface area contributed by atoms with Gasteiger partial charge in [0.05, 0.1) is 16.3 Å². The van der Waals surface area contributed by atoms with E-state index in [4.69, 9.17) is 0 Å². The molecule has 0 spiro atoms. The summed E-state index contributed by atoms with van der Waals surface area (Å²) >= 11 is 0. The zero-order chi connectivity index (χ0) is 19.1. The molecule has 5 nitrogen and oxygen atoms in total. The van der Waals surface area contributed by atoms with Crippen LogP contribution in [0.4, 0.5) is 15.8 Å². The lowest BCUT2D eigenvalue weighted by Crippen LogP contribution is -2.01. The van der Waals surface area contributed by atoms with Crippen LogP contribution < -0.4 is 5.43 Å². The number of nitro groups is 1. The maximum Gasteiger partial charge on any atom is 0.269 e. The van der Waals surface area contributed by atoms with Crippen LogP contribution >= 0.6 is 0 Å². The average Bonchev–Trinajstić information content (AvgIpc) is 2.70. The van der Waals surface area contributed by atoms with E-state index in [1.54, 1.807) is 24.3 Å². The van der Waals surface area contributed by atoms with Crippen molar-refractivity contribution in [3.63, 3.8) is 0 Å². The minimum Gasteiger partial charge on any atom is -0.278 e. The topological polar surface area (TPSA) is 67.5 Å². The van der Waals surface area contributed by atoms with Gasteiger partial charge in [0.15, 0.2) is 0 Å². The number of hydrazone groups is 1. The SMILES string of the molecule is O=[N+]([O-])c1ccc(N/N=C(/C=C/c2ccc(F)cc2)c2ccccc2)cc1. The van der Waals surface area contributed by atoms with Crippen LogP contribution in [-0.2, 0) is 0 Å². The molecule has 0 heterocycles. The summed E-state index contributed by atoms with van der Waals surface area (Å²) in [5.74, 6) is -0.288. The van der Waals surface area contributed by atoms with Crippen LogP contribution in [0.5, 0.6) is 0 Å². The van der Waals surface area contributed by atoms with Crippen LogP contribution in [-0.4, -0.2) is 10.6 Å². The van der Waals surface area contributed by atoms with Gasteiger partial charge in [-0.25, -0.2) is 4.39 Å². The van der Waals surface area contributed by atoms with Gasteiger partial charge < -0.3 is 0 Å². The number of hydrogen-bond acceptors (Lipinski definition) is 4. The molecule has 27 heavy (non-hydrogen) atoms. The molecule has 0 saturated heterocycles. The third kappa shape index (κ3) is 5.09. The van der Waals surface area contributed by atoms with Crippen LogP contribution in [0.15, 0.2) is 90.0 Å². The van der Waals surface area contributed by atoms with Crippen LogP contribution in [0.3, 0.4) is 0 Å². The highest BCUT2D eigenvalue weighted by molar-refractivity contribution is 6.11. The number of rotatable bonds is 6. The van der Waals surface area contributed by atoms with E-state index in [1.807, 2.05) is 42.5 Å². The number of nitrogens with zero attached hydrogens (tertiary/aromatic N) is 2. The Labute approximate surface area is 155 Å². The van der Waals surface area contributed by atoms with Crippen LogP contribution in [0.1, 0.15) is 11.1 Å². The van der Waals surface area contributed by atoms with Crippen molar-refractivity contribution in [2.24, 2.45) is 5.10 Å². The lowest BCUT2D eigenvalue weighted by Gasteiger charge is -2.05. The molecule has 134 valence electrons. The first kappa shape index (κ1) is 18.0. The molecule has 0 saturated carbocycles. The van der Waals surface area contributed by atoms with Crippen LogP contribution in [0, 0.1) is 15.9 Å². The van der Waals surface area contributed by atoms with E-state index < -0.39 is 4.92 Å². The van der Waals surface area contributed by atoms with Crippen molar-refractivity contribution in [3.05, 3.63) is 112 Å². The van der Waals surface area contributed by atoms with E-state index in [2.05, 4.69) is 10.5 Å². The molecule has 0 atom stereocenters. The highest BCUT2D eigenvalue weighted by Gasteiger charge is 2.04. The number of halogens is 1. The first-order valence-corrected chi connectivity index (χ1v) is 8.19. The Bertz CT molecular complexity index is 967. The minimum atomic E-state index is -0.451. The molecule has 0 radical (unpaired) electrons. The molecule has 3 aromatic rings. The average molecular weight is 361 g/mol. The van der Waals surface area contributed by atoms with E-state index in [0.717, 1.165) is 11.1 Å². The molecule has 3 aromatic carbocycles. The number of hydrogen-bond donors (Lipinski definition) is 1. The van der Waals surface area contributed by atoms with Gasteiger partial charge >= 0.3 is 0 Å². The molecular formula is C21H16FN3O2. The zero-order valence-corrected chi connectivity index (χ0v) is 14.2. The van der Waals surface area contributed by atoms with Crippen molar-refractivity contribution in [2.75, 3.05) is 5.43 Å². The third-order valence-corrected chi connectivity index (χ3v) is 3.76. The summed E-state index contributed by atoms with van der Waals surface area (Å²) in [6.07, 6.45) is 3.66. The van der Waals surface area contributed by atoms with Gasteiger partial charge in [0.2, 0.25) is 0 Å². The highest BCUT2D eigenvalue weighted by atomic mass is 19.1. The summed E-state index contributed by atoms with van der Waals surface area (Å²) < 4.78 is 13.0.